The molecule has 1 aliphatic carbocycles. The number of carbonyl (C=O) groups excluding carboxylic acids is 1. The summed E-state index contributed by atoms with van der Waals surface area (Å²) in [7, 11) is 3.91. The monoisotopic (exact) mass is 471 g/mol. The van der Waals surface area contributed by atoms with Gasteiger partial charge >= 0.3 is 6.18 Å². The summed E-state index contributed by atoms with van der Waals surface area (Å²) in [5, 5.41) is 7.25. The molecule has 1 aliphatic rings. The molecule has 2 N–H and O–H groups in total. The van der Waals surface area contributed by atoms with Crippen molar-refractivity contribution in [3.63, 3.8) is 0 Å². The molecule has 9 heteroatoms. The number of hydrogen-bond donors (Lipinski definition) is 2. The number of hydrogen-bond acceptors (Lipinski definition) is 5. The topological polar surface area (TPSA) is 70.2 Å². The fourth-order valence-electron chi connectivity index (χ4n) is 4.33. The molecule has 0 radical (unpaired) electrons. The number of benzene rings is 2. The molecule has 1 saturated carbocycles. The van der Waals surface area contributed by atoms with E-state index in [1.807, 2.05) is 43.3 Å². The van der Waals surface area contributed by atoms with Crippen molar-refractivity contribution in [3.8, 4) is 0 Å². The van der Waals surface area contributed by atoms with Gasteiger partial charge in [0.15, 0.2) is 0 Å². The normalized spacial score (nSPS) is 18.5. The Bertz CT molecular complexity index is 1160. The van der Waals surface area contributed by atoms with Crippen molar-refractivity contribution in [3.05, 3.63) is 59.7 Å². The van der Waals surface area contributed by atoms with Gasteiger partial charge in [-0.1, -0.05) is 18.2 Å². The number of amides is 1. The minimum Gasteiger partial charge on any atom is -0.362 e. The first kappa shape index (κ1) is 23.8. The summed E-state index contributed by atoms with van der Waals surface area (Å²) in [5.74, 6) is 1.26. The van der Waals surface area contributed by atoms with Crippen LogP contribution in [0.2, 0.25) is 0 Å². The van der Waals surface area contributed by atoms with E-state index < -0.39 is 17.6 Å². The van der Waals surface area contributed by atoms with Gasteiger partial charge in [-0.15, -0.1) is 0 Å². The van der Waals surface area contributed by atoms with Crippen LogP contribution in [0.15, 0.2) is 48.5 Å². The molecule has 4 rings (SSSR count). The summed E-state index contributed by atoms with van der Waals surface area (Å²) in [5.41, 5.74) is 0.0880. The first-order valence-electron chi connectivity index (χ1n) is 11.4. The second-order valence-electron chi connectivity index (χ2n) is 8.93. The van der Waals surface area contributed by atoms with Crippen molar-refractivity contribution < 1.29 is 18.0 Å². The fourth-order valence-corrected chi connectivity index (χ4v) is 4.33. The number of nitrogens with one attached hydrogen (secondary N) is 2. The fraction of sp³-hybridized carbons (Fsp3) is 0.400. The van der Waals surface area contributed by atoms with Crippen LogP contribution in [0.25, 0.3) is 10.9 Å². The lowest BCUT2D eigenvalue weighted by Gasteiger charge is -2.29. The largest absolute Gasteiger partial charge is 0.416 e. The van der Waals surface area contributed by atoms with Crippen LogP contribution in [0.4, 0.5) is 24.9 Å². The number of rotatable bonds is 6. The van der Waals surface area contributed by atoms with Gasteiger partial charge in [-0.05, 0) is 61.9 Å². The van der Waals surface area contributed by atoms with Crippen molar-refractivity contribution >= 4 is 28.6 Å². The van der Waals surface area contributed by atoms with Gasteiger partial charge in [-0.2, -0.15) is 18.2 Å². The maximum absolute atomic E-state index is 12.9. The zero-order valence-electron chi connectivity index (χ0n) is 19.2. The van der Waals surface area contributed by atoms with Gasteiger partial charge in [0.05, 0.1) is 11.1 Å². The van der Waals surface area contributed by atoms with E-state index in [9.17, 15) is 18.0 Å². The van der Waals surface area contributed by atoms with E-state index in [4.69, 9.17) is 4.98 Å². The molecule has 0 unspecified atom stereocenters. The van der Waals surface area contributed by atoms with Gasteiger partial charge in [0.25, 0.3) is 5.91 Å². The van der Waals surface area contributed by atoms with E-state index in [1.54, 1.807) is 0 Å². The van der Waals surface area contributed by atoms with Crippen LogP contribution in [-0.4, -0.2) is 42.6 Å². The zero-order chi connectivity index (χ0) is 24.3. The number of fused-ring (bicyclic) bond motifs is 1. The van der Waals surface area contributed by atoms with Crippen LogP contribution in [0.5, 0.6) is 0 Å². The van der Waals surface area contributed by atoms with Crippen LogP contribution in [-0.2, 0) is 6.18 Å². The minimum atomic E-state index is -4.47. The Morgan fingerprint density at radius 2 is 1.76 bits per heavy atom. The third-order valence-electron chi connectivity index (χ3n) is 6.19. The average Bonchev–Trinajstić information content (AvgIpc) is 2.82. The molecule has 180 valence electrons. The highest BCUT2D eigenvalue weighted by Gasteiger charge is 2.31. The van der Waals surface area contributed by atoms with E-state index in [-0.39, 0.29) is 17.5 Å². The molecular formula is C25H28F3N5O. The first-order chi connectivity index (χ1) is 16.2. The Hall–Kier alpha value is -3.36. The van der Waals surface area contributed by atoms with E-state index in [1.165, 1.54) is 12.1 Å². The molecule has 1 heterocycles. The molecule has 6 nitrogen and oxygen atoms in total. The quantitative estimate of drug-likeness (QED) is 0.523. The number of halogens is 3. The van der Waals surface area contributed by atoms with Crippen molar-refractivity contribution in [2.75, 3.05) is 30.9 Å². The van der Waals surface area contributed by atoms with Gasteiger partial charge in [0.1, 0.15) is 5.82 Å². The van der Waals surface area contributed by atoms with E-state index in [0.29, 0.717) is 12.5 Å². The van der Waals surface area contributed by atoms with Crippen LogP contribution < -0.4 is 15.5 Å². The second kappa shape index (κ2) is 9.87. The zero-order valence-corrected chi connectivity index (χ0v) is 19.2. The van der Waals surface area contributed by atoms with Gasteiger partial charge < -0.3 is 15.5 Å². The van der Waals surface area contributed by atoms with Gasteiger partial charge in [-0.25, -0.2) is 4.98 Å². The Morgan fingerprint density at radius 3 is 2.47 bits per heavy atom. The third kappa shape index (κ3) is 5.58. The predicted molar refractivity (Wildman–Crippen MR) is 127 cm³/mol. The highest BCUT2D eigenvalue weighted by atomic mass is 19.4. The molecule has 0 aliphatic heterocycles. The molecule has 1 fully saturated rings. The van der Waals surface area contributed by atoms with Gasteiger partial charge in [-0.3, -0.25) is 4.79 Å². The summed E-state index contributed by atoms with van der Waals surface area (Å²) < 4.78 is 38.7. The molecule has 3 aromatic rings. The summed E-state index contributed by atoms with van der Waals surface area (Å²) in [6.07, 6.45) is -0.873. The minimum absolute atomic E-state index is 0.0235. The maximum Gasteiger partial charge on any atom is 0.416 e. The summed E-state index contributed by atoms with van der Waals surface area (Å²) in [6, 6.07) is 12.6. The van der Waals surface area contributed by atoms with E-state index in [2.05, 4.69) is 15.6 Å². The number of aromatic nitrogens is 2. The highest BCUT2D eigenvalue weighted by molar-refractivity contribution is 5.94. The van der Waals surface area contributed by atoms with Crippen molar-refractivity contribution in [1.29, 1.82) is 0 Å². The molecule has 0 spiro atoms. The Balaban J connectivity index is 1.31. The van der Waals surface area contributed by atoms with Crippen molar-refractivity contribution in [2.45, 2.75) is 37.9 Å². The van der Waals surface area contributed by atoms with Crippen LogP contribution in [0, 0.1) is 5.92 Å². The smallest absolute Gasteiger partial charge is 0.362 e. The average molecular weight is 472 g/mol. The lowest BCUT2D eigenvalue weighted by atomic mass is 9.86. The number of alkyl halides is 3. The highest BCUT2D eigenvalue weighted by Crippen LogP contribution is 2.30. The Kier molecular flexibility index (Phi) is 6.90. The molecule has 0 bridgehead atoms. The molecule has 1 amide bonds. The van der Waals surface area contributed by atoms with Gasteiger partial charge in [0.2, 0.25) is 5.95 Å². The lowest BCUT2D eigenvalue weighted by Crippen LogP contribution is -2.34. The number of para-hydroxylation sites is 1. The number of anilines is 2. The molecular weight excluding hydrogens is 443 g/mol. The summed E-state index contributed by atoms with van der Waals surface area (Å²) in [4.78, 5) is 23.7. The molecule has 34 heavy (non-hydrogen) atoms. The van der Waals surface area contributed by atoms with Crippen LogP contribution in [0.3, 0.4) is 0 Å². The standard InChI is InChI=1S/C25H28F3N5O/c1-33(2)22-20-8-3-4-9-21(20)31-24(32-22)30-19-12-10-16(11-13-19)15-29-23(34)17-6-5-7-18(14-17)25(26,27)28/h3-9,14,16,19H,10-13,15H2,1-2H3,(H,29,34)(H,30,31,32). The van der Waals surface area contributed by atoms with E-state index >= 15 is 0 Å². The molecule has 1 aromatic heterocycles. The van der Waals surface area contributed by atoms with Crippen LogP contribution in [0.1, 0.15) is 41.6 Å². The third-order valence-corrected chi connectivity index (χ3v) is 6.19. The molecule has 0 saturated heterocycles. The SMILES string of the molecule is CN(C)c1nc(NC2CCC(CNC(=O)c3cccc(C(F)(F)F)c3)CC2)nc2ccccc12. The Morgan fingerprint density at radius 1 is 1.03 bits per heavy atom. The number of carbonyl (C=O) groups is 1. The lowest BCUT2D eigenvalue weighted by molar-refractivity contribution is -0.137. The van der Waals surface area contributed by atoms with Crippen molar-refractivity contribution in [1.82, 2.24) is 15.3 Å². The predicted octanol–water partition coefficient (Wildman–Crippen LogP) is 5.12. The van der Waals surface area contributed by atoms with E-state index in [0.717, 1.165) is 54.5 Å². The van der Waals surface area contributed by atoms with Gasteiger partial charge in [0, 0.05) is 37.6 Å². The maximum atomic E-state index is 12.9. The summed E-state index contributed by atoms with van der Waals surface area (Å²) in [6.45, 7) is 0.444. The van der Waals surface area contributed by atoms with Crippen LogP contribution >= 0.6 is 0 Å². The summed E-state index contributed by atoms with van der Waals surface area (Å²) >= 11 is 0. The van der Waals surface area contributed by atoms with Crippen molar-refractivity contribution in [2.24, 2.45) is 5.92 Å². The Labute approximate surface area is 196 Å². The molecule has 0 atom stereocenters. The molecule has 2 aromatic carbocycles. The number of nitrogens with zero attached hydrogens (tertiary/aromatic N) is 3. The second-order valence-corrected chi connectivity index (χ2v) is 8.93. The first-order valence-corrected chi connectivity index (χ1v) is 11.4.